The van der Waals surface area contributed by atoms with E-state index in [2.05, 4.69) is 23.1 Å². The number of aromatic amines is 2. The summed E-state index contributed by atoms with van der Waals surface area (Å²) in [6, 6.07) is 6.44. The Hall–Kier alpha value is -4.40. The van der Waals surface area contributed by atoms with E-state index in [1.165, 1.54) is 12.1 Å². The Kier molecular flexibility index (Phi) is 12.7. The third-order valence-electron chi connectivity index (χ3n) is 7.91. The van der Waals surface area contributed by atoms with Crippen LogP contribution in [0.1, 0.15) is 119 Å². The summed E-state index contributed by atoms with van der Waals surface area (Å²) in [6.45, 7) is 16.1. The molecule has 2 heterocycles. The lowest BCUT2D eigenvalue weighted by molar-refractivity contribution is -0.384. The van der Waals surface area contributed by atoms with Gasteiger partial charge < -0.3 is 19.4 Å². The highest BCUT2D eigenvalue weighted by atomic mass is 16.6. The van der Waals surface area contributed by atoms with Gasteiger partial charge in [-0.05, 0) is 79.2 Å². The minimum absolute atomic E-state index is 0.0204. The summed E-state index contributed by atoms with van der Waals surface area (Å²) >= 11 is 0. The fourth-order valence-electron chi connectivity index (χ4n) is 5.82. The highest BCUT2D eigenvalue weighted by Gasteiger charge is 2.32. The van der Waals surface area contributed by atoms with E-state index in [9.17, 15) is 19.7 Å². The Morgan fingerprint density at radius 1 is 0.773 bits per heavy atom. The lowest BCUT2D eigenvalue weighted by atomic mass is 9.85. The first-order valence-corrected chi connectivity index (χ1v) is 15.5. The normalized spacial score (nSPS) is 11.0. The predicted octanol–water partition coefficient (Wildman–Crippen LogP) is 7.93. The zero-order chi connectivity index (χ0) is 32.2. The molecular weight excluding hydrogens is 558 g/mol. The summed E-state index contributed by atoms with van der Waals surface area (Å²) in [6.07, 6.45) is 8.95. The van der Waals surface area contributed by atoms with Gasteiger partial charge in [-0.1, -0.05) is 52.0 Å². The number of ether oxygens (including phenoxy) is 2. The van der Waals surface area contributed by atoms with Gasteiger partial charge in [-0.2, -0.15) is 0 Å². The maximum Gasteiger partial charge on any atom is 0.355 e. The van der Waals surface area contributed by atoms with Gasteiger partial charge >= 0.3 is 11.9 Å². The van der Waals surface area contributed by atoms with Crippen molar-refractivity contribution in [1.29, 1.82) is 0 Å². The molecule has 9 nitrogen and oxygen atoms in total. The average Bonchev–Trinajstić information content (AvgIpc) is 3.59. The molecule has 0 saturated heterocycles. The number of allylic oxidation sites excluding steroid dienone is 2. The van der Waals surface area contributed by atoms with E-state index in [4.69, 9.17) is 9.47 Å². The molecule has 0 radical (unpaired) electrons. The quantitative estimate of drug-likeness (QED) is 0.0500. The molecule has 236 valence electrons. The molecule has 1 aromatic carbocycles. The van der Waals surface area contributed by atoms with E-state index in [0.29, 0.717) is 49.9 Å². The van der Waals surface area contributed by atoms with E-state index < -0.39 is 22.8 Å². The number of nitrogens with zero attached hydrogens (tertiary/aromatic N) is 1. The summed E-state index contributed by atoms with van der Waals surface area (Å²) < 4.78 is 11.2. The summed E-state index contributed by atoms with van der Waals surface area (Å²) in [5.74, 6) is -1.31. The highest BCUT2D eigenvalue weighted by Crippen LogP contribution is 2.40. The van der Waals surface area contributed by atoms with Crippen molar-refractivity contribution in [1.82, 2.24) is 9.97 Å². The van der Waals surface area contributed by atoms with Crippen LogP contribution in [0.4, 0.5) is 5.69 Å². The minimum Gasteiger partial charge on any atom is -0.461 e. The van der Waals surface area contributed by atoms with E-state index in [-0.39, 0.29) is 18.9 Å². The molecule has 2 N–H and O–H groups in total. The number of H-pyrrole nitrogens is 2. The second-order valence-electron chi connectivity index (χ2n) is 10.6. The molecule has 0 aliphatic carbocycles. The SMILES string of the molecule is C=CCCCOC(=O)c1[nH]c(C(c2ccc([N+](=O)[O-])cc2)c2[nH]c(C(=O)OCCCC=C)c(CC)c2CC)c(CC)c1CC. The predicted molar refractivity (Wildman–Crippen MR) is 173 cm³/mol. The second kappa shape index (κ2) is 16.4. The van der Waals surface area contributed by atoms with Crippen LogP contribution < -0.4 is 0 Å². The fraction of sp³-hybridized carbons (Fsp3) is 0.429. The Bertz CT molecular complexity index is 1380. The van der Waals surface area contributed by atoms with Crippen LogP contribution in [-0.2, 0) is 35.2 Å². The first-order chi connectivity index (χ1) is 21.3. The van der Waals surface area contributed by atoms with E-state index >= 15 is 0 Å². The number of carbonyl (C=O) groups excluding carboxylic acids is 2. The number of nitrogens with one attached hydrogen (secondary N) is 2. The van der Waals surface area contributed by atoms with Gasteiger partial charge in [0.1, 0.15) is 11.4 Å². The lowest BCUT2D eigenvalue weighted by Gasteiger charge is -2.20. The molecule has 0 amide bonds. The van der Waals surface area contributed by atoms with Gasteiger partial charge in [0.25, 0.3) is 5.69 Å². The van der Waals surface area contributed by atoms with Crippen molar-refractivity contribution in [3.63, 3.8) is 0 Å². The molecule has 0 aliphatic rings. The zero-order valence-corrected chi connectivity index (χ0v) is 26.4. The summed E-state index contributed by atoms with van der Waals surface area (Å²) in [7, 11) is 0. The number of esters is 2. The fourth-order valence-corrected chi connectivity index (χ4v) is 5.82. The molecule has 44 heavy (non-hydrogen) atoms. The number of aromatic nitrogens is 2. The number of carbonyl (C=O) groups is 2. The Morgan fingerprint density at radius 2 is 1.18 bits per heavy atom. The average molecular weight is 604 g/mol. The maximum absolute atomic E-state index is 13.3. The van der Waals surface area contributed by atoms with Crippen molar-refractivity contribution < 1.29 is 24.0 Å². The summed E-state index contributed by atoms with van der Waals surface area (Å²) in [4.78, 5) is 44.5. The third kappa shape index (κ3) is 7.56. The molecule has 0 aliphatic heterocycles. The van der Waals surface area contributed by atoms with Crippen molar-refractivity contribution in [2.45, 2.75) is 85.0 Å². The molecule has 3 aromatic rings. The minimum atomic E-state index is -0.471. The number of hydrogen-bond donors (Lipinski definition) is 2. The van der Waals surface area contributed by atoms with Crippen molar-refractivity contribution >= 4 is 17.6 Å². The van der Waals surface area contributed by atoms with Crippen LogP contribution in [-0.4, -0.2) is 40.0 Å². The number of unbranched alkanes of at least 4 members (excludes halogenated alkanes) is 2. The lowest BCUT2D eigenvalue weighted by Crippen LogP contribution is -2.11. The molecule has 0 fully saturated rings. The van der Waals surface area contributed by atoms with Gasteiger partial charge in [-0.3, -0.25) is 10.1 Å². The molecule has 2 aromatic heterocycles. The number of benzene rings is 1. The number of nitro benzene ring substituents is 1. The number of rotatable bonds is 18. The van der Waals surface area contributed by atoms with E-state index in [0.717, 1.165) is 52.0 Å². The van der Waals surface area contributed by atoms with Gasteiger partial charge in [0, 0.05) is 23.5 Å². The highest BCUT2D eigenvalue weighted by molar-refractivity contribution is 5.91. The number of hydrogen-bond acceptors (Lipinski definition) is 6. The van der Waals surface area contributed by atoms with Crippen LogP contribution in [0.25, 0.3) is 0 Å². The summed E-state index contributed by atoms with van der Waals surface area (Å²) in [5.41, 5.74) is 6.89. The van der Waals surface area contributed by atoms with Crippen LogP contribution in [0, 0.1) is 10.1 Å². The van der Waals surface area contributed by atoms with E-state index in [1.807, 2.05) is 27.7 Å². The zero-order valence-electron chi connectivity index (χ0n) is 26.4. The molecule has 0 bridgehead atoms. The van der Waals surface area contributed by atoms with Crippen molar-refractivity contribution in [3.05, 3.63) is 110 Å². The van der Waals surface area contributed by atoms with Crippen LogP contribution in [0.2, 0.25) is 0 Å². The molecule has 0 spiro atoms. The molecule has 9 heteroatoms. The number of nitro groups is 1. The van der Waals surface area contributed by atoms with Gasteiger partial charge in [0.2, 0.25) is 0 Å². The molecule has 0 unspecified atom stereocenters. The first-order valence-electron chi connectivity index (χ1n) is 15.5. The smallest absolute Gasteiger partial charge is 0.355 e. The Morgan fingerprint density at radius 3 is 1.52 bits per heavy atom. The third-order valence-corrected chi connectivity index (χ3v) is 7.91. The van der Waals surface area contributed by atoms with Crippen molar-refractivity contribution in [2.24, 2.45) is 0 Å². The topological polar surface area (TPSA) is 127 Å². The second-order valence-corrected chi connectivity index (χ2v) is 10.6. The number of non-ortho nitro benzene ring substituents is 1. The van der Waals surface area contributed by atoms with Crippen molar-refractivity contribution in [2.75, 3.05) is 13.2 Å². The Balaban J connectivity index is 2.24. The maximum atomic E-state index is 13.3. The molecular formula is C35H45N3O6. The largest absolute Gasteiger partial charge is 0.461 e. The van der Waals surface area contributed by atoms with Gasteiger partial charge in [-0.15, -0.1) is 13.2 Å². The van der Waals surface area contributed by atoms with Crippen LogP contribution >= 0.6 is 0 Å². The van der Waals surface area contributed by atoms with Crippen LogP contribution in [0.3, 0.4) is 0 Å². The van der Waals surface area contributed by atoms with Crippen LogP contribution in [0.5, 0.6) is 0 Å². The monoisotopic (exact) mass is 603 g/mol. The van der Waals surface area contributed by atoms with Gasteiger partial charge in [0.05, 0.1) is 24.1 Å². The standard InChI is InChI=1S/C35H45N3O6/c1-7-13-15-21-43-34(39)32-27(11-5)25(9-3)30(36-32)29(23-17-19-24(20-18-23)38(41)42)31-26(10-4)28(12-6)33(37-31)35(40)44-22-16-14-8-2/h7-8,17-20,29,36-37H,1-2,9-16,21-22H2,3-6H3. The first kappa shape index (κ1) is 34.1. The Labute approximate surface area is 259 Å². The van der Waals surface area contributed by atoms with Crippen molar-refractivity contribution in [3.8, 4) is 0 Å². The van der Waals surface area contributed by atoms with Gasteiger partial charge in [-0.25, -0.2) is 9.59 Å². The molecule has 0 saturated carbocycles. The van der Waals surface area contributed by atoms with Gasteiger partial charge in [0.15, 0.2) is 0 Å². The summed E-state index contributed by atoms with van der Waals surface area (Å²) in [5, 5.41) is 11.5. The molecule has 3 rings (SSSR count). The van der Waals surface area contributed by atoms with Crippen LogP contribution in [0.15, 0.2) is 49.6 Å². The van der Waals surface area contributed by atoms with E-state index in [1.54, 1.807) is 24.3 Å². The molecule has 0 atom stereocenters.